The fraction of sp³-hybridized carbons (Fsp3) is 0.263. The summed E-state index contributed by atoms with van der Waals surface area (Å²) in [6.07, 6.45) is 0.771. The molecule has 2 amide bonds. The molecule has 0 saturated carbocycles. The standard InChI is InChI=1S/C19H18F3N3O2/c20-19(21,22)14-7-8-17(24-12-14)27-16-6-3-4-13(11-16)10-15-5-1-2-9-25(15)18(23)26/h3-4,6-8,10-12H,1-2,5,9H2,(H2,23,26). The van der Waals surface area contributed by atoms with Gasteiger partial charge in [0.25, 0.3) is 0 Å². The smallest absolute Gasteiger partial charge is 0.417 e. The van der Waals surface area contributed by atoms with Crippen LogP contribution in [0.15, 0.2) is 48.3 Å². The molecular weight excluding hydrogens is 359 g/mol. The Morgan fingerprint density at radius 2 is 2.04 bits per heavy atom. The molecule has 1 aromatic carbocycles. The lowest BCUT2D eigenvalue weighted by atomic mass is 10.0. The predicted octanol–water partition coefficient (Wildman–Crippen LogP) is 4.80. The van der Waals surface area contributed by atoms with Gasteiger partial charge in [-0.2, -0.15) is 13.2 Å². The van der Waals surface area contributed by atoms with Crippen LogP contribution in [0.5, 0.6) is 11.6 Å². The van der Waals surface area contributed by atoms with Crippen LogP contribution in [-0.2, 0) is 6.18 Å². The van der Waals surface area contributed by atoms with Crippen LogP contribution in [-0.4, -0.2) is 22.5 Å². The van der Waals surface area contributed by atoms with Gasteiger partial charge in [-0.25, -0.2) is 9.78 Å². The maximum Gasteiger partial charge on any atom is 0.417 e. The quantitative estimate of drug-likeness (QED) is 0.836. The summed E-state index contributed by atoms with van der Waals surface area (Å²) >= 11 is 0. The van der Waals surface area contributed by atoms with Crippen molar-refractivity contribution in [3.05, 3.63) is 59.4 Å². The van der Waals surface area contributed by atoms with E-state index >= 15 is 0 Å². The molecule has 5 nitrogen and oxygen atoms in total. The third kappa shape index (κ3) is 4.78. The summed E-state index contributed by atoms with van der Waals surface area (Å²) in [7, 11) is 0. The number of piperidine rings is 1. The first kappa shape index (κ1) is 18.8. The van der Waals surface area contributed by atoms with Crippen LogP contribution in [0.4, 0.5) is 18.0 Å². The Balaban J connectivity index is 1.77. The summed E-state index contributed by atoms with van der Waals surface area (Å²) in [6, 6.07) is 8.60. The third-order valence-corrected chi connectivity index (χ3v) is 4.15. The number of nitrogens with zero attached hydrogens (tertiary/aromatic N) is 2. The van der Waals surface area contributed by atoms with E-state index in [1.54, 1.807) is 23.1 Å². The van der Waals surface area contributed by atoms with Gasteiger partial charge in [0, 0.05) is 24.5 Å². The molecule has 2 aromatic rings. The fourth-order valence-corrected chi connectivity index (χ4v) is 2.85. The molecule has 2 heterocycles. The van der Waals surface area contributed by atoms with Gasteiger partial charge < -0.3 is 10.5 Å². The van der Waals surface area contributed by atoms with Crippen molar-refractivity contribution < 1.29 is 22.7 Å². The molecule has 0 spiro atoms. The number of hydrogen-bond acceptors (Lipinski definition) is 3. The molecule has 1 aliphatic heterocycles. The Labute approximate surface area is 154 Å². The van der Waals surface area contributed by atoms with E-state index in [2.05, 4.69) is 4.98 Å². The molecule has 1 saturated heterocycles. The number of nitrogens with two attached hydrogens (primary N) is 1. The van der Waals surface area contributed by atoms with Crippen LogP contribution in [0, 0.1) is 0 Å². The molecule has 8 heteroatoms. The number of carbonyl (C=O) groups excluding carboxylic acids is 1. The van der Waals surface area contributed by atoms with Crippen molar-refractivity contribution >= 4 is 12.1 Å². The van der Waals surface area contributed by atoms with Gasteiger partial charge in [0.2, 0.25) is 5.88 Å². The minimum absolute atomic E-state index is 0.0595. The van der Waals surface area contributed by atoms with Crippen molar-refractivity contribution in [1.82, 2.24) is 9.88 Å². The molecule has 0 aliphatic carbocycles. The van der Waals surface area contributed by atoms with Gasteiger partial charge in [-0.3, -0.25) is 4.90 Å². The first-order chi connectivity index (χ1) is 12.8. The minimum Gasteiger partial charge on any atom is -0.439 e. The van der Waals surface area contributed by atoms with Gasteiger partial charge >= 0.3 is 12.2 Å². The van der Waals surface area contributed by atoms with E-state index in [9.17, 15) is 18.0 Å². The number of rotatable bonds is 3. The summed E-state index contributed by atoms with van der Waals surface area (Å²) in [4.78, 5) is 16.8. The van der Waals surface area contributed by atoms with Crippen molar-refractivity contribution in [2.24, 2.45) is 5.73 Å². The van der Waals surface area contributed by atoms with E-state index in [0.29, 0.717) is 12.3 Å². The maximum atomic E-state index is 12.6. The van der Waals surface area contributed by atoms with E-state index in [0.717, 1.165) is 42.8 Å². The lowest BCUT2D eigenvalue weighted by molar-refractivity contribution is -0.137. The number of carbonyl (C=O) groups is 1. The maximum absolute atomic E-state index is 12.6. The van der Waals surface area contributed by atoms with Crippen molar-refractivity contribution in [2.75, 3.05) is 6.54 Å². The highest BCUT2D eigenvalue weighted by atomic mass is 19.4. The van der Waals surface area contributed by atoms with Crippen LogP contribution in [0.2, 0.25) is 0 Å². The molecule has 0 atom stereocenters. The zero-order valence-corrected chi connectivity index (χ0v) is 14.4. The zero-order chi connectivity index (χ0) is 19.4. The number of pyridine rings is 1. The first-order valence-electron chi connectivity index (χ1n) is 8.41. The molecule has 0 unspecified atom stereocenters. The van der Waals surface area contributed by atoms with Crippen LogP contribution >= 0.6 is 0 Å². The summed E-state index contributed by atoms with van der Waals surface area (Å²) in [5.41, 5.74) is 6.21. The lowest BCUT2D eigenvalue weighted by Gasteiger charge is -2.28. The monoisotopic (exact) mass is 377 g/mol. The predicted molar refractivity (Wildman–Crippen MR) is 93.9 cm³/mol. The van der Waals surface area contributed by atoms with E-state index in [1.165, 1.54) is 6.07 Å². The van der Waals surface area contributed by atoms with Gasteiger partial charge in [-0.1, -0.05) is 12.1 Å². The van der Waals surface area contributed by atoms with Crippen molar-refractivity contribution in [2.45, 2.75) is 25.4 Å². The topological polar surface area (TPSA) is 68.5 Å². The molecule has 0 radical (unpaired) electrons. The fourth-order valence-electron chi connectivity index (χ4n) is 2.85. The number of aromatic nitrogens is 1. The number of likely N-dealkylation sites (tertiary alicyclic amines) is 1. The molecule has 3 rings (SSSR count). The van der Waals surface area contributed by atoms with Crippen LogP contribution < -0.4 is 10.5 Å². The number of benzene rings is 1. The highest BCUT2D eigenvalue weighted by Gasteiger charge is 2.30. The molecule has 1 fully saturated rings. The minimum atomic E-state index is -4.44. The summed E-state index contributed by atoms with van der Waals surface area (Å²) in [5, 5.41) is 0. The van der Waals surface area contributed by atoms with E-state index in [1.807, 2.05) is 12.1 Å². The highest BCUT2D eigenvalue weighted by Crippen LogP contribution is 2.30. The number of hydrogen-bond donors (Lipinski definition) is 1. The summed E-state index contributed by atoms with van der Waals surface area (Å²) < 4.78 is 43.3. The molecule has 0 bridgehead atoms. The normalized spacial score (nSPS) is 16.4. The Morgan fingerprint density at radius 1 is 1.22 bits per heavy atom. The molecule has 142 valence electrons. The molecular formula is C19H18F3N3O2. The molecule has 2 N–H and O–H groups in total. The number of amides is 2. The summed E-state index contributed by atoms with van der Waals surface area (Å²) in [6.45, 7) is 0.590. The number of allylic oxidation sites excluding steroid dienone is 1. The number of primary amides is 1. The third-order valence-electron chi connectivity index (χ3n) is 4.15. The van der Waals surface area contributed by atoms with Gasteiger partial charge in [0.15, 0.2) is 0 Å². The van der Waals surface area contributed by atoms with Crippen LogP contribution in [0.3, 0.4) is 0 Å². The second-order valence-corrected chi connectivity index (χ2v) is 6.14. The van der Waals surface area contributed by atoms with Gasteiger partial charge in [0.05, 0.1) is 5.56 Å². The first-order valence-corrected chi connectivity index (χ1v) is 8.41. The van der Waals surface area contributed by atoms with Crippen LogP contribution in [0.25, 0.3) is 6.08 Å². The number of alkyl halides is 3. The lowest BCUT2D eigenvalue weighted by Crippen LogP contribution is -2.37. The summed E-state index contributed by atoms with van der Waals surface area (Å²) in [5.74, 6) is 0.488. The van der Waals surface area contributed by atoms with Crippen molar-refractivity contribution in [3.63, 3.8) is 0 Å². The number of ether oxygens (including phenoxy) is 1. The van der Waals surface area contributed by atoms with Crippen molar-refractivity contribution in [1.29, 1.82) is 0 Å². The van der Waals surface area contributed by atoms with Crippen LogP contribution in [0.1, 0.15) is 30.4 Å². The second-order valence-electron chi connectivity index (χ2n) is 6.14. The molecule has 1 aromatic heterocycles. The largest absolute Gasteiger partial charge is 0.439 e. The zero-order valence-electron chi connectivity index (χ0n) is 14.4. The van der Waals surface area contributed by atoms with E-state index in [4.69, 9.17) is 10.5 Å². The van der Waals surface area contributed by atoms with E-state index in [-0.39, 0.29) is 5.88 Å². The molecule has 1 aliphatic rings. The number of urea groups is 1. The average molecular weight is 377 g/mol. The Morgan fingerprint density at radius 3 is 2.70 bits per heavy atom. The average Bonchev–Trinajstić information content (AvgIpc) is 2.62. The Hall–Kier alpha value is -3.03. The Kier molecular flexibility index (Phi) is 5.34. The number of halogens is 3. The van der Waals surface area contributed by atoms with Gasteiger partial charge in [0.1, 0.15) is 5.75 Å². The van der Waals surface area contributed by atoms with Gasteiger partial charge in [-0.15, -0.1) is 0 Å². The Bertz CT molecular complexity index is 848. The van der Waals surface area contributed by atoms with Crippen molar-refractivity contribution in [3.8, 4) is 11.6 Å². The SMILES string of the molecule is NC(=O)N1CCCCC1=Cc1cccc(Oc2ccc(C(F)(F)F)cn2)c1. The highest BCUT2D eigenvalue weighted by molar-refractivity contribution is 5.76. The second kappa shape index (κ2) is 7.69. The van der Waals surface area contributed by atoms with Gasteiger partial charge in [-0.05, 0) is 49.1 Å². The van der Waals surface area contributed by atoms with E-state index < -0.39 is 17.8 Å². The molecule has 27 heavy (non-hydrogen) atoms.